The van der Waals surface area contributed by atoms with Crippen molar-refractivity contribution < 1.29 is 4.74 Å². The predicted molar refractivity (Wildman–Crippen MR) is 60.9 cm³/mol. The Balaban J connectivity index is 2.19. The van der Waals surface area contributed by atoms with Gasteiger partial charge in [0.2, 0.25) is 0 Å². The van der Waals surface area contributed by atoms with Crippen LogP contribution in [0.15, 0.2) is 6.07 Å². The summed E-state index contributed by atoms with van der Waals surface area (Å²) in [7, 11) is 0. The van der Waals surface area contributed by atoms with Crippen molar-refractivity contribution in [3.05, 3.63) is 17.3 Å². The van der Waals surface area contributed by atoms with Gasteiger partial charge < -0.3 is 10.5 Å². The average Bonchev–Trinajstić information content (AvgIpc) is 2.56. The van der Waals surface area contributed by atoms with Crippen molar-refractivity contribution in [2.24, 2.45) is 0 Å². The lowest BCUT2D eigenvalue weighted by Crippen LogP contribution is -2.32. The fraction of sp³-hybridized carbons (Fsp3) is 0.455. The lowest BCUT2D eigenvalue weighted by molar-refractivity contribution is -0.0411. The highest BCUT2D eigenvalue weighted by Crippen LogP contribution is 2.29. The van der Waals surface area contributed by atoms with Crippen LogP contribution in [0.3, 0.4) is 0 Å². The Morgan fingerprint density at radius 2 is 2.31 bits per heavy atom. The molecule has 5 nitrogen and oxygen atoms in total. The van der Waals surface area contributed by atoms with E-state index in [0.29, 0.717) is 12.4 Å². The zero-order chi connectivity index (χ0) is 11.3. The van der Waals surface area contributed by atoms with E-state index in [1.807, 2.05) is 6.07 Å². The summed E-state index contributed by atoms with van der Waals surface area (Å²) in [5.41, 5.74) is 9.42. The van der Waals surface area contributed by atoms with E-state index >= 15 is 0 Å². The smallest absolute Gasteiger partial charge is 0.171 e. The van der Waals surface area contributed by atoms with Crippen molar-refractivity contribution in [1.82, 2.24) is 15.2 Å². The highest BCUT2D eigenvalue weighted by molar-refractivity contribution is 5.85. The van der Waals surface area contributed by atoms with Crippen LogP contribution in [-0.2, 0) is 17.8 Å². The van der Waals surface area contributed by atoms with Gasteiger partial charge in [0.05, 0.1) is 17.7 Å². The van der Waals surface area contributed by atoms with Gasteiger partial charge in [-0.3, -0.25) is 5.10 Å². The van der Waals surface area contributed by atoms with E-state index in [1.54, 1.807) is 0 Å². The van der Waals surface area contributed by atoms with Gasteiger partial charge in [0.15, 0.2) is 5.82 Å². The number of H-pyrrole nitrogens is 1. The number of nitrogens with one attached hydrogen (secondary N) is 1. The van der Waals surface area contributed by atoms with Gasteiger partial charge in [-0.15, -0.1) is 0 Å². The van der Waals surface area contributed by atoms with Gasteiger partial charge in [-0.05, 0) is 19.9 Å². The molecule has 3 rings (SSSR count). The summed E-state index contributed by atoms with van der Waals surface area (Å²) < 4.78 is 5.74. The molecule has 0 saturated heterocycles. The van der Waals surface area contributed by atoms with Crippen LogP contribution in [0.2, 0.25) is 0 Å². The van der Waals surface area contributed by atoms with Crippen LogP contribution in [-0.4, -0.2) is 20.8 Å². The topological polar surface area (TPSA) is 76.8 Å². The van der Waals surface area contributed by atoms with Gasteiger partial charge >= 0.3 is 0 Å². The summed E-state index contributed by atoms with van der Waals surface area (Å²) in [6, 6.07) is 2.02. The Morgan fingerprint density at radius 1 is 1.50 bits per heavy atom. The maximum Gasteiger partial charge on any atom is 0.171 e. The molecule has 1 aliphatic heterocycles. The predicted octanol–water partition coefficient (Wildman–Crippen LogP) is 1.39. The van der Waals surface area contributed by atoms with E-state index < -0.39 is 0 Å². The molecule has 0 amide bonds. The standard InChI is InChI=1S/C11H14N4O/c1-11(2)4-8-6(5-16-11)3-7-9(13-8)10(12)15-14-7/h3H,4-5H2,1-2H3,(H3,12,14,15). The van der Waals surface area contributed by atoms with Crippen LogP contribution in [0.25, 0.3) is 11.0 Å². The number of ether oxygens (including phenoxy) is 1. The number of nitrogens with zero attached hydrogens (tertiary/aromatic N) is 2. The lowest BCUT2D eigenvalue weighted by atomic mass is 9.96. The van der Waals surface area contributed by atoms with Crippen molar-refractivity contribution in [3.8, 4) is 0 Å². The Bertz CT molecular complexity index is 558. The van der Waals surface area contributed by atoms with Gasteiger partial charge in [0, 0.05) is 17.7 Å². The van der Waals surface area contributed by atoms with Gasteiger partial charge in [-0.1, -0.05) is 0 Å². The molecule has 2 aromatic heterocycles. The molecular formula is C11H14N4O. The van der Waals surface area contributed by atoms with Crippen LogP contribution < -0.4 is 5.73 Å². The number of pyridine rings is 1. The first-order valence-corrected chi connectivity index (χ1v) is 5.31. The molecule has 0 fully saturated rings. The van der Waals surface area contributed by atoms with Gasteiger partial charge in [0.25, 0.3) is 0 Å². The molecule has 3 N–H and O–H groups in total. The first-order valence-electron chi connectivity index (χ1n) is 5.31. The van der Waals surface area contributed by atoms with E-state index in [9.17, 15) is 0 Å². The van der Waals surface area contributed by atoms with Crippen LogP contribution in [0, 0.1) is 0 Å². The zero-order valence-electron chi connectivity index (χ0n) is 9.37. The van der Waals surface area contributed by atoms with Crippen molar-refractivity contribution in [2.45, 2.75) is 32.5 Å². The monoisotopic (exact) mass is 218 g/mol. The van der Waals surface area contributed by atoms with E-state index in [4.69, 9.17) is 10.5 Å². The fourth-order valence-electron chi connectivity index (χ4n) is 2.05. The van der Waals surface area contributed by atoms with Crippen LogP contribution in [0.4, 0.5) is 5.82 Å². The number of nitrogen functional groups attached to an aromatic ring is 1. The normalized spacial score (nSPS) is 18.6. The molecule has 0 radical (unpaired) electrons. The minimum atomic E-state index is -0.147. The number of nitrogens with two attached hydrogens (primary N) is 1. The molecule has 0 aromatic carbocycles. The summed E-state index contributed by atoms with van der Waals surface area (Å²) in [5.74, 6) is 0.460. The molecular weight excluding hydrogens is 204 g/mol. The van der Waals surface area contributed by atoms with E-state index in [1.165, 1.54) is 0 Å². The third-order valence-electron chi connectivity index (χ3n) is 2.94. The van der Waals surface area contributed by atoms with Crippen molar-refractivity contribution in [1.29, 1.82) is 0 Å². The second kappa shape index (κ2) is 2.95. The van der Waals surface area contributed by atoms with E-state index in [0.717, 1.165) is 28.7 Å². The van der Waals surface area contributed by atoms with Gasteiger partial charge in [-0.2, -0.15) is 5.10 Å². The minimum Gasteiger partial charge on any atom is -0.380 e. The summed E-state index contributed by atoms with van der Waals surface area (Å²) >= 11 is 0. The molecule has 2 aromatic rings. The number of fused-ring (bicyclic) bond motifs is 2. The summed E-state index contributed by atoms with van der Waals surface area (Å²) in [5, 5.41) is 6.82. The Labute approximate surface area is 93.0 Å². The summed E-state index contributed by atoms with van der Waals surface area (Å²) in [6.45, 7) is 4.74. The second-order valence-electron chi connectivity index (χ2n) is 4.82. The van der Waals surface area contributed by atoms with Crippen molar-refractivity contribution in [3.63, 3.8) is 0 Å². The quantitative estimate of drug-likeness (QED) is 0.700. The Morgan fingerprint density at radius 3 is 3.12 bits per heavy atom. The number of aromatic nitrogens is 3. The molecule has 0 unspecified atom stereocenters. The van der Waals surface area contributed by atoms with Crippen molar-refractivity contribution in [2.75, 3.05) is 5.73 Å². The summed E-state index contributed by atoms with van der Waals surface area (Å²) in [6.07, 6.45) is 0.808. The SMILES string of the molecule is CC1(C)Cc2nc3c(N)n[nH]c3cc2CO1. The maximum absolute atomic E-state index is 5.74. The average molecular weight is 218 g/mol. The van der Waals surface area contributed by atoms with Crippen LogP contribution in [0.1, 0.15) is 25.1 Å². The van der Waals surface area contributed by atoms with E-state index in [-0.39, 0.29) is 5.60 Å². The summed E-state index contributed by atoms with van der Waals surface area (Å²) in [4.78, 5) is 4.57. The molecule has 0 bridgehead atoms. The highest BCUT2D eigenvalue weighted by Gasteiger charge is 2.27. The van der Waals surface area contributed by atoms with Crippen LogP contribution in [0.5, 0.6) is 0 Å². The first-order chi connectivity index (χ1) is 7.55. The molecule has 16 heavy (non-hydrogen) atoms. The van der Waals surface area contributed by atoms with Crippen molar-refractivity contribution >= 4 is 16.9 Å². The Kier molecular flexibility index (Phi) is 1.77. The van der Waals surface area contributed by atoms with Gasteiger partial charge in [0.1, 0.15) is 5.52 Å². The van der Waals surface area contributed by atoms with Gasteiger partial charge in [-0.25, -0.2) is 4.98 Å². The molecule has 84 valence electrons. The molecule has 0 spiro atoms. The van der Waals surface area contributed by atoms with Crippen LogP contribution >= 0.6 is 0 Å². The minimum absolute atomic E-state index is 0.147. The molecule has 0 aliphatic carbocycles. The third kappa shape index (κ3) is 1.36. The first kappa shape index (κ1) is 9.59. The number of hydrogen-bond donors (Lipinski definition) is 2. The molecule has 0 saturated carbocycles. The number of rotatable bonds is 0. The largest absolute Gasteiger partial charge is 0.380 e. The zero-order valence-corrected chi connectivity index (χ0v) is 9.37. The molecule has 1 aliphatic rings. The highest BCUT2D eigenvalue weighted by atomic mass is 16.5. The maximum atomic E-state index is 5.74. The number of aromatic amines is 1. The second-order valence-corrected chi connectivity index (χ2v) is 4.82. The molecule has 3 heterocycles. The molecule has 5 heteroatoms. The fourth-order valence-corrected chi connectivity index (χ4v) is 2.05. The lowest BCUT2D eigenvalue weighted by Gasteiger charge is -2.30. The molecule has 0 atom stereocenters. The number of hydrogen-bond acceptors (Lipinski definition) is 4. The third-order valence-corrected chi connectivity index (χ3v) is 2.94. The number of anilines is 1. The van der Waals surface area contributed by atoms with E-state index in [2.05, 4.69) is 29.0 Å². The Hall–Kier alpha value is -1.62.